The highest BCUT2D eigenvalue weighted by Gasteiger charge is 2.28. The van der Waals surface area contributed by atoms with Crippen molar-refractivity contribution >= 4 is 0 Å². The fourth-order valence-electron chi connectivity index (χ4n) is 3.02. The number of hydrogen-bond acceptors (Lipinski definition) is 2. The lowest BCUT2D eigenvalue weighted by Gasteiger charge is -2.33. The predicted molar refractivity (Wildman–Crippen MR) is 93.1 cm³/mol. The maximum atomic E-state index is 9.54. The molecule has 22 heavy (non-hydrogen) atoms. The van der Waals surface area contributed by atoms with E-state index >= 15 is 0 Å². The molecule has 0 bridgehead atoms. The summed E-state index contributed by atoms with van der Waals surface area (Å²) in [6, 6.07) is 21.4. The van der Waals surface area contributed by atoms with E-state index in [1.807, 2.05) is 6.92 Å². The van der Waals surface area contributed by atoms with E-state index in [0.717, 1.165) is 13.0 Å². The summed E-state index contributed by atoms with van der Waals surface area (Å²) in [5.41, 5.74) is 2.66. The molecule has 2 aromatic rings. The van der Waals surface area contributed by atoms with E-state index in [9.17, 15) is 5.11 Å². The Hall–Kier alpha value is -1.64. The molecule has 0 aromatic heterocycles. The zero-order valence-electron chi connectivity index (χ0n) is 13.9. The summed E-state index contributed by atoms with van der Waals surface area (Å²) in [7, 11) is 2.07. The summed E-state index contributed by atoms with van der Waals surface area (Å²) < 4.78 is 0. The Balaban J connectivity index is 2.23. The van der Waals surface area contributed by atoms with Crippen LogP contribution < -0.4 is 0 Å². The third kappa shape index (κ3) is 4.19. The maximum Gasteiger partial charge on any atom is 0.0638 e. The first-order valence-corrected chi connectivity index (χ1v) is 8.00. The average molecular weight is 297 g/mol. The average Bonchev–Trinajstić information content (AvgIpc) is 2.54. The molecule has 0 aliphatic heterocycles. The van der Waals surface area contributed by atoms with Crippen molar-refractivity contribution in [3.05, 3.63) is 71.8 Å². The number of hydrogen-bond donors (Lipinski definition) is 1. The minimum atomic E-state index is -0.287. The van der Waals surface area contributed by atoms with E-state index in [2.05, 4.69) is 79.5 Å². The first-order valence-electron chi connectivity index (χ1n) is 8.00. The topological polar surface area (TPSA) is 23.5 Å². The van der Waals surface area contributed by atoms with Crippen molar-refractivity contribution in [1.82, 2.24) is 4.90 Å². The standard InChI is InChI=1S/C20H27NO/c1-17(22)16-21(3)15-14-20(2,18-10-6-4-7-11-18)19-12-8-5-9-13-19/h4-13,17,22H,14-16H2,1-3H3. The van der Waals surface area contributed by atoms with E-state index < -0.39 is 0 Å². The predicted octanol–water partition coefficient (Wildman–Crippen LogP) is 3.70. The molecule has 2 aromatic carbocycles. The molecule has 2 nitrogen and oxygen atoms in total. The van der Waals surface area contributed by atoms with Crippen LogP contribution in [0.3, 0.4) is 0 Å². The molecule has 118 valence electrons. The van der Waals surface area contributed by atoms with Crippen molar-refractivity contribution in [2.75, 3.05) is 20.1 Å². The van der Waals surface area contributed by atoms with Gasteiger partial charge < -0.3 is 10.0 Å². The lowest BCUT2D eigenvalue weighted by Crippen LogP contribution is -2.33. The molecule has 0 amide bonds. The third-order valence-corrected chi connectivity index (χ3v) is 4.39. The molecule has 0 aliphatic carbocycles. The molecule has 2 rings (SSSR count). The van der Waals surface area contributed by atoms with Gasteiger partial charge in [-0.15, -0.1) is 0 Å². The van der Waals surface area contributed by atoms with Crippen molar-refractivity contribution in [3.63, 3.8) is 0 Å². The Labute approximate surface area is 134 Å². The number of aliphatic hydroxyl groups excluding tert-OH is 1. The minimum Gasteiger partial charge on any atom is -0.392 e. The molecule has 0 spiro atoms. The van der Waals surface area contributed by atoms with Gasteiger partial charge in [0.05, 0.1) is 6.10 Å². The Morgan fingerprint density at radius 3 is 1.82 bits per heavy atom. The van der Waals surface area contributed by atoms with Crippen LogP contribution in [0, 0.1) is 0 Å². The van der Waals surface area contributed by atoms with Crippen LogP contribution in [0.5, 0.6) is 0 Å². The highest BCUT2D eigenvalue weighted by atomic mass is 16.3. The first-order chi connectivity index (χ1) is 10.5. The van der Waals surface area contributed by atoms with Gasteiger partial charge in [0.15, 0.2) is 0 Å². The second-order valence-corrected chi connectivity index (χ2v) is 6.43. The molecule has 1 N–H and O–H groups in total. The van der Waals surface area contributed by atoms with E-state index in [1.165, 1.54) is 11.1 Å². The summed E-state index contributed by atoms with van der Waals surface area (Å²) in [6.07, 6.45) is 0.731. The van der Waals surface area contributed by atoms with Crippen molar-refractivity contribution in [2.45, 2.75) is 31.8 Å². The van der Waals surface area contributed by atoms with Crippen molar-refractivity contribution < 1.29 is 5.11 Å². The Kier molecular flexibility index (Phi) is 5.76. The van der Waals surface area contributed by atoms with E-state index in [0.29, 0.717) is 6.54 Å². The summed E-state index contributed by atoms with van der Waals surface area (Å²) in [6.45, 7) is 5.81. The van der Waals surface area contributed by atoms with Gasteiger partial charge in [0, 0.05) is 12.0 Å². The molecular weight excluding hydrogens is 270 g/mol. The zero-order valence-corrected chi connectivity index (χ0v) is 13.9. The van der Waals surface area contributed by atoms with Crippen LogP contribution in [0.25, 0.3) is 0 Å². The van der Waals surface area contributed by atoms with Gasteiger partial charge in [0.1, 0.15) is 0 Å². The molecule has 0 radical (unpaired) electrons. The summed E-state index contributed by atoms with van der Waals surface area (Å²) >= 11 is 0. The van der Waals surface area contributed by atoms with Crippen LogP contribution in [0.4, 0.5) is 0 Å². The smallest absolute Gasteiger partial charge is 0.0638 e. The van der Waals surface area contributed by atoms with Crippen LogP contribution in [0.2, 0.25) is 0 Å². The Morgan fingerprint density at radius 1 is 0.955 bits per heavy atom. The third-order valence-electron chi connectivity index (χ3n) is 4.39. The van der Waals surface area contributed by atoms with Gasteiger partial charge in [-0.25, -0.2) is 0 Å². The fraction of sp³-hybridized carbons (Fsp3) is 0.400. The van der Waals surface area contributed by atoms with Crippen LogP contribution >= 0.6 is 0 Å². The molecule has 0 saturated heterocycles. The summed E-state index contributed by atoms with van der Waals surface area (Å²) in [5, 5.41) is 9.54. The molecule has 1 unspecified atom stereocenters. The van der Waals surface area contributed by atoms with Crippen LogP contribution in [-0.2, 0) is 5.41 Å². The summed E-state index contributed by atoms with van der Waals surface area (Å²) in [4.78, 5) is 2.20. The van der Waals surface area contributed by atoms with Crippen molar-refractivity contribution in [1.29, 1.82) is 0 Å². The Bertz CT molecular complexity index is 511. The van der Waals surface area contributed by atoms with Gasteiger partial charge in [-0.3, -0.25) is 0 Å². The van der Waals surface area contributed by atoms with E-state index in [-0.39, 0.29) is 11.5 Å². The zero-order chi connectivity index (χ0) is 16.0. The molecule has 1 atom stereocenters. The first kappa shape index (κ1) is 16.7. The molecule has 0 saturated carbocycles. The van der Waals surface area contributed by atoms with Crippen LogP contribution in [0.15, 0.2) is 60.7 Å². The molecule has 0 fully saturated rings. The summed E-state index contributed by atoms with van der Waals surface area (Å²) in [5.74, 6) is 0. The Morgan fingerprint density at radius 2 is 1.41 bits per heavy atom. The van der Waals surface area contributed by atoms with Crippen molar-refractivity contribution in [3.8, 4) is 0 Å². The second-order valence-electron chi connectivity index (χ2n) is 6.43. The second kappa shape index (κ2) is 7.57. The molecular formula is C20H27NO. The fourth-order valence-corrected chi connectivity index (χ4v) is 3.02. The number of rotatable bonds is 7. The lowest BCUT2D eigenvalue weighted by molar-refractivity contribution is 0.138. The van der Waals surface area contributed by atoms with Gasteiger partial charge in [-0.05, 0) is 38.1 Å². The van der Waals surface area contributed by atoms with Crippen LogP contribution in [0.1, 0.15) is 31.4 Å². The van der Waals surface area contributed by atoms with E-state index in [1.54, 1.807) is 0 Å². The highest BCUT2D eigenvalue weighted by Crippen LogP contribution is 2.35. The highest BCUT2D eigenvalue weighted by molar-refractivity contribution is 5.38. The quantitative estimate of drug-likeness (QED) is 0.842. The normalized spacial score (nSPS) is 13.3. The van der Waals surface area contributed by atoms with E-state index in [4.69, 9.17) is 0 Å². The largest absolute Gasteiger partial charge is 0.392 e. The lowest BCUT2D eigenvalue weighted by atomic mass is 9.73. The van der Waals surface area contributed by atoms with Gasteiger partial charge in [-0.2, -0.15) is 0 Å². The SMILES string of the molecule is CC(O)CN(C)CCC(C)(c1ccccc1)c1ccccc1. The van der Waals surface area contributed by atoms with Crippen molar-refractivity contribution in [2.24, 2.45) is 0 Å². The maximum absolute atomic E-state index is 9.54. The minimum absolute atomic E-state index is 0.0184. The number of nitrogens with zero attached hydrogens (tertiary/aromatic N) is 1. The van der Waals surface area contributed by atoms with Gasteiger partial charge in [0.25, 0.3) is 0 Å². The molecule has 2 heteroatoms. The number of aliphatic hydroxyl groups is 1. The van der Waals surface area contributed by atoms with Gasteiger partial charge in [0.2, 0.25) is 0 Å². The van der Waals surface area contributed by atoms with Gasteiger partial charge in [-0.1, -0.05) is 67.6 Å². The van der Waals surface area contributed by atoms with Crippen LogP contribution in [-0.4, -0.2) is 36.2 Å². The number of likely N-dealkylation sites (N-methyl/N-ethyl adjacent to an activating group) is 1. The monoisotopic (exact) mass is 297 g/mol. The van der Waals surface area contributed by atoms with Gasteiger partial charge >= 0.3 is 0 Å². The number of benzene rings is 2. The molecule has 0 heterocycles. The molecule has 0 aliphatic rings.